The van der Waals surface area contributed by atoms with E-state index in [0.29, 0.717) is 12.4 Å². The van der Waals surface area contributed by atoms with Crippen LogP contribution in [0.15, 0.2) is 36.4 Å². The van der Waals surface area contributed by atoms with Crippen molar-refractivity contribution in [3.63, 3.8) is 0 Å². The molecule has 2 aromatic rings. The first-order valence-corrected chi connectivity index (χ1v) is 6.21. The molecule has 1 aliphatic heterocycles. The predicted molar refractivity (Wildman–Crippen MR) is 76.1 cm³/mol. The molecule has 0 fully saturated rings. The highest BCUT2D eigenvalue weighted by atomic mass is 16.5. The minimum Gasteiger partial charge on any atom is -0.504 e. The molecule has 0 saturated carbocycles. The molecule has 1 aliphatic rings. The second-order valence-corrected chi connectivity index (χ2v) is 4.57. The van der Waals surface area contributed by atoms with Crippen molar-refractivity contribution >= 4 is 11.6 Å². The van der Waals surface area contributed by atoms with Crippen LogP contribution in [0.5, 0.6) is 23.0 Å². The maximum atomic E-state index is 9.55. The van der Waals surface area contributed by atoms with Gasteiger partial charge < -0.3 is 19.7 Å². The predicted octanol–water partition coefficient (Wildman–Crippen LogP) is 3.04. The van der Waals surface area contributed by atoms with Crippen LogP contribution >= 0.6 is 0 Å². The monoisotopic (exact) mass is 270 g/mol. The minimum absolute atomic E-state index is 0.153. The molecular weight excluding hydrogens is 256 g/mol. The summed E-state index contributed by atoms with van der Waals surface area (Å²) in [7, 11) is 1.63. The maximum absolute atomic E-state index is 9.55. The van der Waals surface area contributed by atoms with Gasteiger partial charge in [0.25, 0.3) is 0 Å². The molecular formula is C16H14O4. The molecule has 4 heteroatoms. The van der Waals surface area contributed by atoms with E-state index in [1.165, 1.54) is 12.1 Å². The molecule has 0 spiro atoms. The highest BCUT2D eigenvalue weighted by molar-refractivity contribution is 5.86. The molecule has 0 atom stereocenters. The Balaban J connectivity index is 1.98. The SMILES string of the molecule is COc1ccc(C2=Cc3cc(O)c(O)cc3OC2)cc1. The van der Waals surface area contributed by atoms with Crippen molar-refractivity contribution in [2.75, 3.05) is 13.7 Å². The number of fused-ring (bicyclic) bond motifs is 1. The van der Waals surface area contributed by atoms with E-state index in [1.807, 2.05) is 30.3 Å². The average Bonchev–Trinajstić information content (AvgIpc) is 2.48. The van der Waals surface area contributed by atoms with Gasteiger partial charge in [-0.25, -0.2) is 0 Å². The molecule has 0 saturated heterocycles. The van der Waals surface area contributed by atoms with Crippen molar-refractivity contribution in [1.29, 1.82) is 0 Å². The van der Waals surface area contributed by atoms with Crippen molar-refractivity contribution in [1.82, 2.24) is 0 Å². The third-order valence-corrected chi connectivity index (χ3v) is 3.28. The molecule has 0 aliphatic carbocycles. The molecule has 3 rings (SSSR count). The summed E-state index contributed by atoms with van der Waals surface area (Å²) < 4.78 is 10.7. The normalized spacial score (nSPS) is 13.2. The summed E-state index contributed by atoms with van der Waals surface area (Å²) in [5.74, 6) is 1.04. The lowest BCUT2D eigenvalue weighted by atomic mass is 10.0. The molecule has 2 N–H and O–H groups in total. The topological polar surface area (TPSA) is 58.9 Å². The molecule has 0 unspecified atom stereocenters. The zero-order valence-electron chi connectivity index (χ0n) is 11.0. The van der Waals surface area contributed by atoms with E-state index < -0.39 is 0 Å². The molecule has 20 heavy (non-hydrogen) atoms. The van der Waals surface area contributed by atoms with Gasteiger partial charge in [-0.2, -0.15) is 0 Å². The first-order chi connectivity index (χ1) is 9.67. The molecule has 0 bridgehead atoms. The van der Waals surface area contributed by atoms with Gasteiger partial charge in [0.05, 0.1) is 7.11 Å². The third-order valence-electron chi connectivity index (χ3n) is 3.28. The Bertz CT molecular complexity index is 672. The molecule has 0 amide bonds. The summed E-state index contributed by atoms with van der Waals surface area (Å²) in [6.45, 7) is 0.420. The molecule has 1 heterocycles. The summed E-state index contributed by atoms with van der Waals surface area (Å²) in [6, 6.07) is 10.6. The Kier molecular flexibility index (Phi) is 2.99. The summed E-state index contributed by atoms with van der Waals surface area (Å²) in [5.41, 5.74) is 2.78. The highest BCUT2D eigenvalue weighted by Crippen LogP contribution is 2.38. The van der Waals surface area contributed by atoms with Gasteiger partial charge in [-0.15, -0.1) is 0 Å². The lowest BCUT2D eigenvalue weighted by Crippen LogP contribution is -2.06. The lowest BCUT2D eigenvalue weighted by Gasteiger charge is -2.19. The second-order valence-electron chi connectivity index (χ2n) is 4.57. The molecule has 2 aromatic carbocycles. The van der Waals surface area contributed by atoms with Gasteiger partial charge in [0, 0.05) is 11.6 Å². The van der Waals surface area contributed by atoms with Gasteiger partial charge in [0.1, 0.15) is 18.1 Å². The van der Waals surface area contributed by atoms with Crippen molar-refractivity contribution in [2.45, 2.75) is 0 Å². The smallest absolute Gasteiger partial charge is 0.161 e. The zero-order chi connectivity index (χ0) is 14.1. The quantitative estimate of drug-likeness (QED) is 0.823. The fourth-order valence-electron chi connectivity index (χ4n) is 2.17. The number of aromatic hydroxyl groups is 2. The number of ether oxygens (including phenoxy) is 2. The van der Waals surface area contributed by atoms with Gasteiger partial charge in [0.15, 0.2) is 11.5 Å². The second kappa shape index (κ2) is 4.81. The van der Waals surface area contributed by atoms with Crippen LogP contribution in [0.4, 0.5) is 0 Å². The highest BCUT2D eigenvalue weighted by Gasteiger charge is 2.15. The molecule has 102 valence electrons. The van der Waals surface area contributed by atoms with Crippen LogP contribution in [0, 0.1) is 0 Å². The van der Waals surface area contributed by atoms with Crippen molar-refractivity contribution in [3.05, 3.63) is 47.5 Å². The van der Waals surface area contributed by atoms with Crippen molar-refractivity contribution in [3.8, 4) is 23.0 Å². The van der Waals surface area contributed by atoms with Crippen LogP contribution in [0.2, 0.25) is 0 Å². The average molecular weight is 270 g/mol. The van der Waals surface area contributed by atoms with Crippen LogP contribution in [0.1, 0.15) is 11.1 Å². The number of phenols is 2. The Morgan fingerprint density at radius 3 is 2.45 bits per heavy atom. The summed E-state index contributed by atoms with van der Waals surface area (Å²) in [5, 5.41) is 19.0. The number of phenolic OH excluding ortho intramolecular Hbond substituents is 2. The van der Waals surface area contributed by atoms with E-state index >= 15 is 0 Å². The van der Waals surface area contributed by atoms with E-state index in [4.69, 9.17) is 9.47 Å². The minimum atomic E-state index is -0.176. The van der Waals surface area contributed by atoms with E-state index in [-0.39, 0.29) is 11.5 Å². The van der Waals surface area contributed by atoms with Crippen LogP contribution in [0.3, 0.4) is 0 Å². The molecule has 0 aromatic heterocycles. The standard InChI is InChI=1S/C16H14O4/c1-19-13-4-2-10(3-5-13)12-6-11-7-14(17)15(18)8-16(11)20-9-12/h2-8,17-18H,9H2,1H3. The fourth-order valence-corrected chi connectivity index (χ4v) is 2.17. The van der Waals surface area contributed by atoms with Crippen LogP contribution in [-0.2, 0) is 0 Å². The first-order valence-electron chi connectivity index (χ1n) is 6.21. The van der Waals surface area contributed by atoms with Crippen LogP contribution in [-0.4, -0.2) is 23.9 Å². The number of hydrogen-bond acceptors (Lipinski definition) is 4. The van der Waals surface area contributed by atoms with E-state index in [0.717, 1.165) is 22.4 Å². The zero-order valence-corrected chi connectivity index (χ0v) is 11.0. The third kappa shape index (κ3) is 2.16. The fraction of sp³-hybridized carbons (Fsp3) is 0.125. The maximum Gasteiger partial charge on any atom is 0.161 e. The number of rotatable bonds is 2. The van der Waals surface area contributed by atoms with Crippen molar-refractivity contribution in [2.24, 2.45) is 0 Å². The Morgan fingerprint density at radius 1 is 1.05 bits per heavy atom. The summed E-state index contributed by atoms with van der Waals surface area (Å²) in [6.07, 6.45) is 1.94. The first kappa shape index (κ1) is 12.4. The van der Waals surface area contributed by atoms with Gasteiger partial charge in [-0.05, 0) is 35.4 Å². The molecule has 0 radical (unpaired) electrons. The lowest BCUT2D eigenvalue weighted by molar-refractivity contribution is 0.356. The van der Waals surface area contributed by atoms with Crippen LogP contribution < -0.4 is 9.47 Å². The number of hydrogen-bond donors (Lipinski definition) is 2. The van der Waals surface area contributed by atoms with E-state index in [9.17, 15) is 10.2 Å². The number of methoxy groups -OCH3 is 1. The van der Waals surface area contributed by atoms with Gasteiger partial charge in [-0.1, -0.05) is 12.1 Å². The van der Waals surface area contributed by atoms with Gasteiger partial charge in [0.2, 0.25) is 0 Å². The summed E-state index contributed by atoms with van der Waals surface area (Å²) >= 11 is 0. The van der Waals surface area contributed by atoms with E-state index in [2.05, 4.69) is 0 Å². The van der Waals surface area contributed by atoms with Gasteiger partial charge in [-0.3, -0.25) is 0 Å². The Morgan fingerprint density at radius 2 is 1.75 bits per heavy atom. The Labute approximate surface area is 116 Å². The van der Waals surface area contributed by atoms with Crippen molar-refractivity contribution < 1.29 is 19.7 Å². The largest absolute Gasteiger partial charge is 0.504 e. The Hall–Kier alpha value is -2.62. The molecule has 4 nitrogen and oxygen atoms in total. The number of benzene rings is 2. The summed E-state index contributed by atoms with van der Waals surface area (Å²) in [4.78, 5) is 0. The van der Waals surface area contributed by atoms with Gasteiger partial charge >= 0.3 is 0 Å². The van der Waals surface area contributed by atoms with E-state index in [1.54, 1.807) is 7.11 Å². The van der Waals surface area contributed by atoms with Crippen LogP contribution in [0.25, 0.3) is 11.6 Å².